The minimum absolute atomic E-state index is 0.131. The van der Waals surface area contributed by atoms with E-state index in [1.165, 1.54) is 11.1 Å². The number of nitrogens with zero attached hydrogens (tertiary/aromatic N) is 2. The average Bonchev–Trinajstić information content (AvgIpc) is 2.72. The first-order valence-electron chi connectivity index (χ1n) is 9.55. The number of hydrogen-bond acceptors (Lipinski definition) is 6. The van der Waals surface area contributed by atoms with Gasteiger partial charge in [-0.1, -0.05) is 24.3 Å². The summed E-state index contributed by atoms with van der Waals surface area (Å²) in [5.74, 6) is 1.47. The molecule has 0 amide bonds. The largest absolute Gasteiger partial charge is 0.493 e. The monoisotopic (exact) mass is 382 g/mol. The third-order valence-electron chi connectivity index (χ3n) is 5.12. The van der Waals surface area contributed by atoms with Crippen LogP contribution >= 0.6 is 0 Å². The summed E-state index contributed by atoms with van der Waals surface area (Å²) in [5, 5.41) is 6.69. The van der Waals surface area contributed by atoms with E-state index in [2.05, 4.69) is 46.8 Å². The summed E-state index contributed by atoms with van der Waals surface area (Å²) in [6.45, 7) is 3.82. The molecule has 2 aromatic rings. The average molecular weight is 383 g/mol. The lowest BCUT2D eigenvalue weighted by atomic mass is 10.0. The van der Waals surface area contributed by atoms with E-state index < -0.39 is 0 Å². The molecule has 6 nitrogen and oxygen atoms in total. The molecule has 28 heavy (non-hydrogen) atoms. The molecule has 0 saturated heterocycles. The molecule has 6 heteroatoms. The third-order valence-corrected chi connectivity index (χ3v) is 5.12. The van der Waals surface area contributed by atoms with E-state index in [9.17, 15) is 0 Å². The van der Waals surface area contributed by atoms with Crippen LogP contribution in [0.3, 0.4) is 0 Å². The number of hydrogen-bond donors (Lipinski definition) is 2. The molecule has 150 valence electrons. The Morgan fingerprint density at radius 1 is 1.14 bits per heavy atom. The van der Waals surface area contributed by atoms with E-state index in [-0.39, 0.29) is 6.29 Å². The number of benzene rings is 2. The first kappa shape index (κ1) is 20.2. The summed E-state index contributed by atoms with van der Waals surface area (Å²) in [5.41, 5.74) is 5.67. The Bertz CT molecular complexity index is 833. The third kappa shape index (κ3) is 4.29. The minimum Gasteiger partial charge on any atom is -0.493 e. The molecule has 0 radical (unpaired) electrons. The van der Waals surface area contributed by atoms with Crippen LogP contribution < -0.4 is 20.1 Å². The smallest absolute Gasteiger partial charge is 0.176 e. The van der Waals surface area contributed by atoms with Crippen LogP contribution in [0.5, 0.6) is 11.5 Å². The first-order chi connectivity index (χ1) is 13.6. The molecular formula is C22H30N4O2. The van der Waals surface area contributed by atoms with Crippen molar-refractivity contribution in [3.63, 3.8) is 0 Å². The van der Waals surface area contributed by atoms with Crippen LogP contribution in [-0.4, -0.2) is 52.3 Å². The number of rotatable bonds is 8. The molecule has 1 unspecified atom stereocenters. The fraction of sp³-hybridized carbons (Fsp3) is 0.409. The van der Waals surface area contributed by atoms with Crippen molar-refractivity contribution in [1.82, 2.24) is 10.2 Å². The summed E-state index contributed by atoms with van der Waals surface area (Å²) >= 11 is 0. The molecule has 1 heterocycles. The molecule has 0 saturated carbocycles. The number of ether oxygens (including phenoxy) is 2. The maximum Gasteiger partial charge on any atom is 0.176 e. The second-order valence-corrected chi connectivity index (χ2v) is 7.08. The Morgan fingerprint density at radius 2 is 1.86 bits per heavy atom. The molecule has 1 aliphatic heterocycles. The van der Waals surface area contributed by atoms with Crippen LogP contribution in [0.15, 0.2) is 35.3 Å². The fourth-order valence-electron chi connectivity index (χ4n) is 3.48. The molecule has 1 atom stereocenters. The van der Waals surface area contributed by atoms with Crippen molar-refractivity contribution in [2.75, 3.05) is 40.2 Å². The lowest BCUT2D eigenvalue weighted by molar-refractivity contribution is 0.263. The van der Waals surface area contributed by atoms with Crippen molar-refractivity contribution >= 4 is 11.9 Å². The van der Waals surface area contributed by atoms with E-state index in [0.717, 1.165) is 47.8 Å². The van der Waals surface area contributed by atoms with E-state index in [4.69, 9.17) is 14.5 Å². The standard InChI is InChI=1S/C22H30N4O2/c1-15-18-13-24-22(25-19(18)12-20(27-4)21(15)28-5)26(3)14-17-8-6-16(7-9-17)10-11-23-2/h6-9,12-13,22-23,25H,10-11,14H2,1-5H3. The highest BCUT2D eigenvalue weighted by molar-refractivity contribution is 5.93. The van der Waals surface area contributed by atoms with Gasteiger partial charge in [-0.05, 0) is 45.1 Å². The van der Waals surface area contributed by atoms with Gasteiger partial charge in [-0.15, -0.1) is 0 Å². The Labute approximate surface area is 167 Å². The normalized spacial score (nSPS) is 15.3. The Morgan fingerprint density at radius 3 is 2.50 bits per heavy atom. The Kier molecular flexibility index (Phi) is 6.54. The van der Waals surface area contributed by atoms with Crippen LogP contribution in [0.1, 0.15) is 22.3 Å². The van der Waals surface area contributed by atoms with E-state index in [1.54, 1.807) is 14.2 Å². The molecule has 0 bridgehead atoms. The Balaban J connectivity index is 1.71. The molecule has 2 aromatic carbocycles. The zero-order valence-corrected chi connectivity index (χ0v) is 17.4. The van der Waals surface area contributed by atoms with Crippen molar-refractivity contribution in [3.05, 3.63) is 52.6 Å². The molecule has 0 aliphatic carbocycles. The lowest BCUT2D eigenvalue weighted by Gasteiger charge is -2.31. The van der Waals surface area contributed by atoms with Gasteiger partial charge in [-0.3, -0.25) is 9.89 Å². The minimum atomic E-state index is -0.131. The molecule has 2 N–H and O–H groups in total. The number of nitrogens with one attached hydrogen (secondary N) is 2. The number of methoxy groups -OCH3 is 2. The molecule has 0 spiro atoms. The van der Waals surface area contributed by atoms with E-state index in [0.29, 0.717) is 0 Å². The van der Waals surface area contributed by atoms with Crippen molar-refractivity contribution in [1.29, 1.82) is 0 Å². The zero-order valence-electron chi connectivity index (χ0n) is 17.4. The van der Waals surface area contributed by atoms with E-state index in [1.807, 2.05) is 26.3 Å². The van der Waals surface area contributed by atoms with Crippen LogP contribution in [0.2, 0.25) is 0 Å². The molecule has 0 fully saturated rings. The summed E-state index contributed by atoms with van der Waals surface area (Å²) < 4.78 is 11.0. The van der Waals surface area contributed by atoms with Crippen molar-refractivity contribution in [2.24, 2.45) is 4.99 Å². The topological polar surface area (TPSA) is 58.1 Å². The van der Waals surface area contributed by atoms with Crippen molar-refractivity contribution in [3.8, 4) is 11.5 Å². The highest BCUT2D eigenvalue weighted by atomic mass is 16.5. The van der Waals surface area contributed by atoms with Crippen LogP contribution in [0.4, 0.5) is 5.69 Å². The lowest BCUT2D eigenvalue weighted by Crippen LogP contribution is -2.38. The van der Waals surface area contributed by atoms with Crippen LogP contribution in [0.25, 0.3) is 0 Å². The molecule has 1 aliphatic rings. The zero-order chi connectivity index (χ0) is 20.1. The number of aliphatic imine (C=N–C) groups is 1. The van der Waals surface area contributed by atoms with E-state index >= 15 is 0 Å². The Hall–Kier alpha value is -2.57. The molecule has 3 rings (SSSR count). The highest BCUT2D eigenvalue weighted by Crippen LogP contribution is 2.38. The van der Waals surface area contributed by atoms with Crippen molar-refractivity contribution in [2.45, 2.75) is 26.2 Å². The maximum atomic E-state index is 5.49. The predicted molar refractivity (Wildman–Crippen MR) is 115 cm³/mol. The van der Waals surface area contributed by atoms with Gasteiger partial charge in [0.1, 0.15) is 0 Å². The van der Waals surface area contributed by atoms with Gasteiger partial charge in [0.2, 0.25) is 0 Å². The number of likely N-dealkylation sites (N-methyl/N-ethyl adjacent to an activating group) is 1. The van der Waals surface area contributed by atoms with Gasteiger partial charge in [0, 0.05) is 35.6 Å². The van der Waals surface area contributed by atoms with Gasteiger partial charge in [-0.2, -0.15) is 0 Å². The fourth-order valence-corrected chi connectivity index (χ4v) is 3.48. The predicted octanol–water partition coefficient (Wildman–Crippen LogP) is 3.03. The van der Waals surface area contributed by atoms with Gasteiger partial charge in [0.25, 0.3) is 0 Å². The second kappa shape index (κ2) is 9.08. The summed E-state index contributed by atoms with van der Waals surface area (Å²) in [6.07, 6.45) is 2.84. The van der Waals surface area contributed by atoms with Gasteiger partial charge < -0.3 is 20.1 Å². The molecular weight excluding hydrogens is 352 g/mol. The number of anilines is 1. The maximum absolute atomic E-state index is 5.49. The van der Waals surface area contributed by atoms with Crippen LogP contribution in [0, 0.1) is 6.92 Å². The first-order valence-corrected chi connectivity index (χ1v) is 9.55. The van der Waals surface area contributed by atoms with Gasteiger partial charge in [-0.25, -0.2) is 0 Å². The summed E-state index contributed by atoms with van der Waals surface area (Å²) in [4.78, 5) is 6.89. The van der Waals surface area contributed by atoms with Gasteiger partial charge in [0.15, 0.2) is 17.8 Å². The highest BCUT2D eigenvalue weighted by Gasteiger charge is 2.23. The second-order valence-electron chi connectivity index (χ2n) is 7.08. The SMILES string of the molecule is CNCCc1ccc(CN(C)C2N=Cc3c(cc(OC)c(OC)c3C)N2)cc1. The quantitative estimate of drug-likeness (QED) is 0.735. The number of fused-ring (bicyclic) bond motifs is 1. The van der Waals surface area contributed by atoms with Gasteiger partial charge >= 0.3 is 0 Å². The summed E-state index contributed by atoms with van der Waals surface area (Å²) in [7, 11) is 7.37. The summed E-state index contributed by atoms with van der Waals surface area (Å²) in [6, 6.07) is 10.8. The van der Waals surface area contributed by atoms with Crippen LogP contribution in [-0.2, 0) is 13.0 Å². The van der Waals surface area contributed by atoms with Crippen molar-refractivity contribution < 1.29 is 9.47 Å². The molecule has 0 aromatic heterocycles. The van der Waals surface area contributed by atoms with Gasteiger partial charge in [0.05, 0.1) is 14.2 Å².